The molecule has 0 radical (unpaired) electrons. The van der Waals surface area contributed by atoms with Crippen LogP contribution in [-0.2, 0) is 4.79 Å². The highest BCUT2D eigenvalue weighted by Crippen LogP contribution is 2.39. The van der Waals surface area contributed by atoms with E-state index < -0.39 is 5.82 Å². The van der Waals surface area contributed by atoms with Gasteiger partial charge >= 0.3 is 0 Å². The molecule has 24 heavy (non-hydrogen) atoms. The first-order valence-electron chi connectivity index (χ1n) is 7.66. The molecule has 6 nitrogen and oxygen atoms in total. The van der Waals surface area contributed by atoms with Gasteiger partial charge in [-0.3, -0.25) is 4.79 Å². The molecule has 126 valence electrons. The summed E-state index contributed by atoms with van der Waals surface area (Å²) in [6.45, 7) is 2.05. The van der Waals surface area contributed by atoms with Crippen LogP contribution >= 0.6 is 23.2 Å². The van der Waals surface area contributed by atoms with E-state index in [0.29, 0.717) is 30.7 Å². The summed E-state index contributed by atoms with van der Waals surface area (Å²) in [5, 5.41) is 3.08. The number of amides is 1. The average molecular weight is 370 g/mol. The number of piperidine rings is 1. The Labute approximate surface area is 147 Å². The van der Waals surface area contributed by atoms with Crippen molar-refractivity contribution in [3.8, 4) is 0 Å². The van der Waals surface area contributed by atoms with Gasteiger partial charge in [0.2, 0.25) is 11.2 Å². The quantitative estimate of drug-likeness (QED) is 0.617. The van der Waals surface area contributed by atoms with Gasteiger partial charge in [-0.2, -0.15) is 4.98 Å². The molecule has 0 unspecified atom stereocenters. The summed E-state index contributed by atoms with van der Waals surface area (Å²) in [5.41, 5.74) is -0.0532. The van der Waals surface area contributed by atoms with Crippen molar-refractivity contribution in [3.63, 3.8) is 0 Å². The molecule has 2 aliphatic rings. The summed E-state index contributed by atoms with van der Waals surface area (Å²) < 4.78 is 14.3. The van der Waals surface area contributed by atoms with Crippen LogP contribution in [0.1, 0.15) is 19.3 Å². The summed E-state index contributed by atoms with van der Waals surface area (Å²) >= 11 is 11.7. The molecule has 0 aliphatic carbocycles. The standard InChI is InChI=1S/C15H14Cl2FN5O/c16-12-10(18)11-8(5-19-12)13(22-14(17)21-11)23-3-1-2-15(7-23)4-9(24)20-6-15/h5H,1-4,6-7H2,(H,20,24)/t15-/m1/s1. The number of rotatable bonds is 1. The molecule has 2 fully saturated rings. The number of carbonyl (C=O) groups excluding carboxylic acids is 1. The predicted octanol–water partition coefficient (Wildman–Crippen LogP) is 2.58. The molecular weight excluding hydrogens is 356 g/mol. The SMILES string of the molecule is O=C1C[C@]2(CCCN(c3nc(Cl)nc4c(F)c(Cl)ncc34)C2)CN1. The van der Waals surface area contributed by atoms with E-state index >= 15 is 0 Å². The summed E-state index contributed by atoms with van der Waals surface area (Å²) in [6.07, 6.45) is 3.85. The summed E-state index contributed by atoms with van der Waals surface area (Å²) in [4.78, 5) is 25.8. The fraction of sp³-hybridized carbons (Fsp3) is 0.467. The minimum Gasteiger partial charge on any atom is -0.355 e. The van der Waals surface area contributed by atoms with Crippen LogP contribution < -0.4 is 10.2 Å². The molecule has 4 rings (SSSR count). The zero-order valence-electron chi connectivity index (χ0n) is 12.7. The molecule has 1 spiro atoms. The van der Waals surface area contributed by atoms with E-state index in [1.807, 2.05) is 4.90 Å². The number of nitrogens with one attached hydrogen (secondary N) is 1. The largest absolute Gasteiger partial charge is 0.355 e. The van der Waals surface area contributed by atoms with Gasteiger partial charge in [0.25, 0.3) is 0 Å². The molecule has 2 aromatic heterocycles. The average Bonchev–Trinajstić information content (AvgIpc) is 2.91. The van der Waals surface area contributed by atoms with Gasteiger partial charge in [0.15, 0.2) is 11.0 Å². The Morgan fingerprint density at radius 3 is 2.92 bits per heavy atom. The number of nitrogens with zero attached hydrogens (tertiary/aromatic N) is 4. The second kappa shape index (κ2) is 5.67. The number of fused-ring (bicyclic) bond motifs is 1. The van der Waals surface area contributed by atoms with Gasteiger partial charge in [0.1, 0.15) is 11.3 Å². The van der Waals surface area contributed by atoms with Gasteiger partial charge in [0.05, 0.1) is 5.39 Å². The van der Waals surface area contributed by atoms with E-state index in [-0.39, 0.29) is 27.3 Å². The minimum absolute atomic E-state index is 0.0427. The highest BCUT2D eigenvalue weighted by atomic mass is 35.5. The molecule has 1 atom stereocenters. The van der Waals surface area contributed by atoms with Crippen molar-refractivity contribution in [2.45, 2.75) is 19.3 Å². The first-order chi connectivity index (χ1) is 11.5. The van der Waals surface area contributed by atoms with Crippen LogP contribution in [0.4, 0.5) is 10.2 Å². The maximum Gasteiger partial charge on any atom is 0.225 e. The molecular formula is C15H14Cl2FN5O. The van der Waals surface area contributed by atoms with Gasteiger partial charge in [-0.05, 0) is 24.4 Å². The predicted molar refractivity (Wildman–Crippen MR) is 88.8 cm³/mol. The van der Waals surface area contributed by atoms with Crippen molar-refractivity contribution in [2.75, 3.05) is 24.5 Å². The first kappa shape index (κ1) is 15.8. The molecule has 2 aromatic rings. The monoisotopic (exact) mass is 369 g/mol. The normalized spacial score (nSPS) is 24.0. The third kappa shape index (κ3) is 2.56. The second-order valence-electron chi connectivity index (χ2n) is 6.42. The van der Waals surface area contributed by atoms with Gasteiger partial charge in [-0.25, -0.2) is 14.4 Å². The first-order valence-corrected chi connectivity index (χ1v) is 8.42. The maximum atomic E-state index is 14.3. The lowest BCUT2D eigenvalue weighted by Crippen LogP contribution is -2.45. The number of anilines is 1. The molecule has 4 heterocycles. The zero-order chi connectivity index (χ0) is 16.9. The molecule has 2 aliphatic heterocycles. The van der Waals surface area contributed by atoms with Crippen molar-refractivity contribution >= 4 is 45.8 Å². The minimum atomic E-state index is -0.704. The van der Waals surface area contributed by atoms with E-state index in [1.165, 1.54) is 6.20 Å². The number of hydrogen-bond donors (Lipinski definition) is 1. The third-order valence-corrected chi connectivity index (χ3v) is 5.18. The van der Waals surface area contributed by atoms with Crippen LogP contribution in [0, 0.1) is 11.2 Å². The second-order valence-corrected chi connectivity index (χ2v) is 7.12. The summed E-state index contributed by atoms with van der Waals surface area (Å²) in [5.74, 6) is -0.0995. The van der Waals surface area contributed by atoms with Crippen LogP contribution in [0.15, 0.2) is 6.20 Å². The lowest BCUT2D eigenvalue weighted by atomic mass is 9.79. The van der Waals surface area contributed by atoms with Crippen molar-refractivity contribution in [1.29, 1.82) is 0 Å². The smallest absolute Gasteiger partial charge is 0.225 e. The Balaban J connectivity index is 1.78. The lowest BCUT2D eigenvalue weighted by Gasteiger charge is -2.40. The number of hydrogen-bond acceptors (Lipinski definition) is 5. The van der Waals surface area contributed by atoms with Crippen LogP contribution in [0.2, 0.25) is 10.4 Å². The van der Waals surface area contributed by atoms with E-state index in [0.717, 1.165) is 19.4 Å². The molecule has 0 aromatic carbocycles. The van der Waals surface area contributed by atoms with Gasteiger partial charge in [-0.1, -0.05) is 11.6 Å². The third-order valence-electron chi connectivity index (χ3n) is 4.75. The summed E-state index contributed by atoms with van der Waals surface area (Å²) in [6, 6.07) is 0. The summed E-state index contributed by atoms with van der Waals surface area (Å²) in [7, 11) is 0. The van der Waals surface area contributed by atoms with Crippen LogP contribution in [0.25, 0.3) is 10.9 Å². The Morgan fingerprint density at radius 2 is 2.17 bits per heavy atom. The van der Waals surface area contributed by atoms with E-state index in [1.54, 1.807) is 0 Å². The number of aromatic nitrogens is 3. The van der Waals surface area contributed by atoms with E-state index in [2.05, 4.69) is 20.3 Å². The highest BCUT2D eigenvalue weighted by Gasteiger charge is 2.42. The van der Waals surface area contributed by atoms with Crippen molar-refractivity contribution in [3.05, 3.63) is 22.5 Å². The fourth-order valence-corrected chi connectivity index (χ4v) is 3.97. The molecule has 1 amide bonds. The van der Waals surface area contributed by atoms with Crippen molar-refractivity contribution in [2.24, 2.45) is 5.41 Å². The number of carbonyl (C=O) groups is 1. The van der Waals surface area contributed by atoms with Crippen LogP contribution in [0.3, 0.4) is 0 Å². The molecule has 9 heteroatoms. The lowest BCUT2D eigenvalue weighted by molar-refractivity contribution is -0.119. The van der Waals surface area contributed by atoms with Gasteiger partial charge in [-0.15, -0.1) is 0 Å². The molecule has 0 saturated carbocycles. The number of pyridine rings is 1. The Hall–Kier alpha value is -1.73. The fourth-order valence-electron chi connectivity index (χ4n) is 3.66. The van der Waals surface area contributed by atoms with E-state index in [4.69, 9.17) is 23.2 Å². The maximum absolute atomic E-state index is 14.3. The van der Waals surface area contributed by atoms with Gasteiger partial charge < -0.3 is 10.2 Å². The van der Waals surface area contributed by atoms with Gasteiger partial charge in [0, 0.05) is 37.7 Å². The number of halogens is 3. The van der Waals surface area contributed by atoms with E-state index in [9.17, 15) is 9.18 Å². The van der Waals surface area contributed by atoms with Crippen LogP contribution in [-0.4, -0.2) is 40.5 Å². The Morgan fingerprint density at radius 1 is 1.33 bits per heavy atom. The highest BCUT2D eigenvalue weighted by molar-refractivity contribution is 6.30. The molecule has 0 bridgehead atoms. The zero-order valence-corrected chi connectivity index (χ0v) is 14.2. The van der Waals surface area contributed by atoms with Crippen molar-refractivity contribution in [1.82, 2.24) is 20.3 Å². The molecule has 2 saturated heterocycles. The topological polar surface area (TPSA) is 71.0 Å². The van der Waals surface area contributed by atoms with Crippen LogP contribution in [0.5, 0.6) is 0 Å². The molecule has 1 N–H and O–H groups in total. The Bertz CT molecular complexity index is 848. The van der Waals surface area contributed by atoms with Crippen molar-refractivity contribution < 1.29 is 9.18 Å². The Kier molecular flexibility index (Phi) is 3.73.